The van der Waals surface area contributed by atoms with Crippen molar-refractivity contribution in [3.63, 3.8) is 0 Å². The summed E-state index contributed by atoms with van der Waals surface area (Å²) >= 11 is 5.93. The van der Waals surface area contributed by atoms with Crippen LogP contribution < -0.4 is 10.4 Å². The van der Waals surface area contributed by atoms with Gasteiger partial charge in [0.1, 0.15) is 6.54 Å². The second-order valence-corrected chi connectivity index (χ2v) is 9.03. The van der Waals surface area contributed by atoms with Crippen molar-refractivity contribution in [3.8, 4) is 0 Å². The number of halogens is 1. The summed E-state index contributed by atoms with van der Waals surface area (Å²) in [4.78, 5) is 50.1. The van der Waals surface area contributed by atoms with Gasteiger partial charge in [0, 0.05) is 0 Å². The lowest BCUT2D eigenvalue weighted by atomic mass is 10.1. The highest BCUT2D eigenvalue weighted by molar-refractivity contribution is 6.18. The average molecular weight is 506 g/mol. The third-order valence-corrected chi connectivity index (χ3v) is 5.02. The Hall–Kier alpha value is -3.43. The van der Waals surface area contributed by atoms with Crippen LogP contribution in [0.2, 0.25) is 0 Å². The van der Waals surface area contributed by atoms with Crippen molar-refractivity contribution in [2.24, 2.45) is 0 Å². The largest absolute Gasteiger partial charge is 0.546 e. The zero-order valence-corrected chi connectivity index (χ0v) is 20.4. The predicted octanol–water partition coefficient (Wildman–Crippen LogP) is 0.700. The van der Waals surface area contributed by atoms with Crippen LogP contribution in [0.3, 0.4) is 0 Å². The van der Waals surface area contributed by atoms with Gasteiger partial charge in [-0.15, -0.1) is 11.6 Å². The van der Waals surface area contributed by atoms with Crippen LogP contribution in [0.5, 0.6) is 0 Å². The van der Waals surface area contributed by atoms with E-state index >= 15 is 0 Å². The van der Waals surface area contributed by atoms with E-state index in [2.05, 4.69) is 0 Å². The molecule has 0 unspecified atom stereocenters. The molecule has 35 heavy (non-hydrogen) atoms. The van der Waals surface area contributed by atoms with Crippen LogP contribution in [0.4, 0.5) is 0 Å². The normalized spacial score (nSPS) is 13.7. The average Bonchev–Trinajstić information content (AvgIpc) is 2.83. The van der Waals surface area contributed by atoms with Crippen LogP contribution in [-0.4, -0.2) is 60.2 Å². The standard InChI is InChI=1S/C25H28ClNO8/c1-25(2,3)27-15-18(14-26)33-24(32)20(35-23(31)17-12-8-5-9-13-17)19(21(28)29)34-22(30)16-10-6-4-7-11-16/h4-13,18-20,27H,14-15H2,1-3H3,(H,28,29)/t18-,19+,20+/m1/s1. The Morgan fingerprint density at radius 2 is 1.29 bits per heavy atom. The molecule has 0 aliphatic carbocycles. The molecule has 10 heteroatoms. The Balaban J connectivity index is 2.30. The van der Waals surface area contributed by atoms with Gasteiger partial charge in [-0.25, -0.2) is 14.4 Å². The van der Waals surface area contributed by atoms with E-state index in [-0.39, 0.29) is 29.1 Å². The molecule has 0 bridgehead atoms. The molecule has 2 aromatic rings. The van der Waals surface area contributed by atoms with Crippen LogP contribution in [0.15, 0.2) is 60.7 Å². The van der Waals surface area contributed by atoms with Crippen molar-refractivity contribution < 1.29 is 43.8 Å². The van der Waals surface area contributed by atoms with E-state index in [9.17, 15) is 24.3 Å². The van der Waals surface area contributed by atoms with Crippen LogP contribution in [0.25, 0.3) is 0 Å². The summed E-state index contributed by atoms with van der Waals surface area (Å²) < 4.78 is 15.6. The van der Waals surface area contributed by atoms with Gasteiger partial charge in [0.15, 0.2) is 12.2 Å². The van der Waals surface area contributed by atoms with E-state index in [1.54, 1.807) is 36.4 Å². The van der Waals surface area contributed by atoms with Gasteiger partial charge in [0.25, 0.3) is 0 Å². The molecular weight excluding hydrogens is 478 g/mol. The van der Waals surface area contributed by atoms with Gasteiger partial charge in [-0.2, -0.15) is 0 Å². The molecule has 0 fully saturated rings. The summed E-state index contributed by atoms with van der Waals surface area (Å²) in [7, 11) is 0. The molecular formula is C25H28ClNO8. The Morgan fingerprint density at radius 1 is 0.829 bits per heavy atom. The number of quaternary nitrogens is 1. The number of esters is 3. The fourth-order valence-electron chi connectivity index (χ4n) is 2.84. The molecule has 0 saturated heterocycles. The number of benzene rings is 2. The highest BCUT2D eigenvalue weighted by atomic mass is 35.5. The molecule has 188 valence electrons. The number of alkyl halides is 1. The van der Waals surface area contributed by atoms with Crippen molar-refractivity contribution in [2.75, 3.05) is 12.4 Å². The molecule has 0 aliphatic heterocycles. The van der Waals surface area contributed by atoms with Crippen LogP contribution in [0.1, 0.15) is 41.5 Å². The molecule has 2 aromatic carbocycles. The van der Waals surface area contributed by atoms with Crippen molar-refractivity contribution in [1.82, 2.24) is 0 Å². The molecule has 0 radical (unpaired) electrons. The maximum Gasteiger partial charge on any atom is 0.352 e. The van der Waals surface area contributed by atoms with Gasteiger partial charge >= 0.3 is 17.9 Å². The zero-order valence-electron chi connectivity index (χ0n) is 19.6. The Labute approximate surface area is 208 Å². The van der Waals surface area contributed by atoms with Crippen molar-refractivity contribution >= 4 is 35.5 Å². The minimum atomic E-state index is -2.27. The number of hydrogen-bond donors (Lipinski definition) is 1. The van der Waals surface area contributed by atoms with E-state index in [1.165, 1.54) is 24.3 Å². The molecule has 0 heterocycles. The minimum absolute atomic E-state index is 0.0265. The summed E-state index contributed by atoms with van der Waals surface area (Å²) in [6.07, 6.45) is -5.25. The first-order valence-electron chi connectivity index (χ1n) is 10.9. The molecule has 0 saturated carbocycles. The van der Waals surface area contributed by atoms with Gasteiger partial charge in [0.05, 0.1) is 28.5 Å². The number of carbonyl (C=O) groups excluding carboxylic acids is 4. The van der Waals surface area contributed by atoms with Crippen LogP contribution in [-0.2, 0) is 23.8 Å². The number of nitrogens with two attached hydrogens (primary N) is 1. The number of carboxylic acid groups (broad SMARTS) is 1. The van der Waals surface area contributed by atoms with Crippen LogP contribution in [0, 0.1) is 0 Å². The maximum absolute atomic E-state index is 13.0. The topological polar surface area (TPSA) is 136 Å². The lowest BCUT2D eigenvalue weighted by Gasteiger charge is -2.28. The lowest BCUT2D eigenvalue weighted by molar-refractivity contribution is -0.721. The first-order chi connectivity index (χ1) is 16.5. The van der Waals surface area contributed by atoms with Gasteiger partial charge in [-0.3, -0.25) is 0 Å². The molecule has 0 amide bonds. The number of carbonyl (C=O) groups is 4. The fraction of sp³-hybridized carbons (Fsp3) is 0.360. The second kappa shape index (κ2) is 12.9. The number of hydrogen-bond acceptors (Lipinski definition) is 8. The summed E-state index contributed by atoms with van der Waals surface area (Å²) in [5.41, 5.74) is -0.125. The molecule has 0 aliphatic rings. The lowest BCUT2D eigenvalue weighted by Crippen LogP contribution is -2.96. The third-order valence-electron chi connectivity index (χ3n) is 4.67. The summed E-state index contributed by atoms with van der Waals surface area (Å²) in [5.74, 6) is -5.35. The van der Waals surface area contributed by atoms with Gasteiger partial charge in [-0.1, -0.05) is 36.4 Å². The first kappa shape index (κ1) is 27.8. The van der Waals surface area contributed by atoms with Gasteiger partial charge in [-0.05, 0) is 45.0 Å². The third kappa shape index (κ3) is 9.03. The van der Waals surface area contributed by atoms with Gasteiger partial charge < -0.3 is 29.4 Å². The molecule has 9 nitrogen and oxygen atoms in total. The maximum atomic E-state index is 13.0. The second-order valence-electron chi connectivity index (χ2n) is 8.72. The number of carboxylic acids is 1. The molecule has 0 aromatic heterocycles. The number of aliphatic carboxylic acids is 1. The number of ether oxygens (including phenoxy) is 3. The van der Waals surface area contributed by atoms with E-state index in [0.29, 0.717) is 0 Å². The van der Waals surface area contributed by atoms with Crippen LogP contribution >= 0.6 is 11.6 Å². The minimum Gasteiger partial charge on any atom is -0.546 e. The van der Waals surface area contributed by atoms with E-state index in [0.717, 1.165) is 0 Å². The SMILES string of the molecule is CC(C)(C)[NH2+]C[C@@H](CCl)OC(=O)[C@@H](OC(=O)c1ccccc1)[C@H](OC(=O)c1ccccc1)C(=O)[O-]. The zero-order chi connectivity index (χ0) is 26.0. The van der Waals surface area contributed by atoms with Crippen molar-refractivity contribution in [3.05, 3.63) is 71.8 Å². The summed E-state index contributed by atoms with van der Waals surface area (Å²) in [5, 5.41) is 13.8. The monoisotopic (exact) mass is 505 g/mol. The fourth-order valence-corrected chi connectivity index (χ4v) is 3.03. The highest BCUT2D eigenvalue weighted by Crippen LogP contribution is 2.15. The number of rotatable bonds is 11. The predicted molar refractivity (Wildman–Crippen MR) is 123 cm³/mol. The highest BCUT2D eigenvalue weighted by Gasteiger charge is 2.39. The molecule has 2 N–H and O–H groups in total. The quantitative estimate of drug-likeness (QED) is 0.268. The van der Waals surface area contributed by atoms with E-state index < -0.39 is 42.2 Å². The Morgan fingerprint density at radius 3 is 1.69 bits per heavy atom. The first-order valence-corrected chi connectivity index (χ1v) is 11.4. The summed E-state index contributed by atoms with van der Waals surface area (Å²) in [6, 6.07) is 15.1. The Kier molecular flexibility index (Phi) is 10.2. The molecule has 2 rings (SSSR count). The van der Waals surface area contributed by atoms with Crippen molar-refractivity contribution in [1.29, 1.82) is 0 Å². The van der Waals surface area contributed by atoms with E-state index in [4.69, 9.17) is 25.8 Å². The summed E-state index contributed by atoms with van der Waals surface area (Å²) in [6.45, 7) is 6.09. The smallest absolute Gasteiger partial charge is 0.352 e. The van der Waals surface area contributed by atoms with Crippen molar-refractivity contribution in [2.45, 2.75) is 44.6 Å². The molecule has 3 atom stereocenters. The van der Waals surface area contributed by atoms with E-state index in [1.807, 2.05) is 26.1 Å². The Bertz CT molecular complexity index is 1010. The van der Waals surface area contributed by atoms with Gasteiger partial charge in [0.2, 0.25) is 6.10 Å². The molecule has 0 spiro atoms.